The van der Waals surface area contributed by atoms with Crippen LogP contribution in [0.15, 0.2) is 47.5 Å². The van der Waals surface area contributed by atoms with Crippen LogP contribution in [0, 0.1) is 11.8 Å². The zero-order chi connectivity index (χ0) is 31.5. The van der Waals surface area contributed by atoms with Gasteiger partial charge in [-0.25, -0.2) is 0 Å². The quantitative estimate of drug-likeness (QED) is 0.292. The van der Waals surface area contributed by atoms with Gasteiger partial charge in [0.2, 0.25) is 0 Å². The molecule has 1 unspecified atom stereocenters. The van der Waals surface area contributed by atoms with E-state index in [4.69, 9.17) is 21.7 Å². The Labute approximate surface area is 254 Å². The number of aliphatic imine (C=N–C) groups is 1. The van der Waals surface area contributed by atoms with Crippen molar-refractivity contribution in [2.24, 2.45) is 16.8 Å². The van der Waals surface area contributed by atoms with Crippen LogP contribution in [0.2, 0.25) is 5.02 Å². The molecule has 4 rings (SSSR count). The molecule has 2 N–H and O–H groups in total. The van der Waals surface area contributed by atoms with Crippen LogP contribution in [-0.4, -0.2) is 45.7 Å². The lowest BCUT2D eigenvalue weighted by Crippen LogP contribution is -2.51. The maximum Gasteiger partial charge on any atom is 0.416 e. The van der Waals surface area contributed by atoms with Crippen LogP contribution in [0.5, 0.6) is 0 Å². The Morgan fingerprint density at radius 2 is 1.79 bits per heavy atom. The van der Waals surface area contributed by atoms with Crippen LogP contribution in [0.4, 0.5) is 13.2 Å². The molecule has 11 heteroatoms. The van der Waals surface area contributed by atoms with Crippen LogP contribution < -0.4 is 5.32 Å². The molecule has 2 aromatic carbocycles. The fraction of sp³-hybridized carbons (Fsp3) is 0.500. The molecular formula is C32H37ClF3N3O4. The van der Waals surface area contributed by atoms with E-state index in [-0.39, 0.29) is 29.3 Å². The summed E-state index contributed by atoms with van der Waals surface area (Å²) in [5, 5.41) is 11.3. The van der Waals surface area contributed by atoms with Crippen molar-refractivity contribution in [2.75, 3.05) is 6.54 Å². The summed E-state index contributed by atoms with van der Waals surface area (Å²) in [4.78, 5) is 44.3. The lowest BCUT2D eigenvalue weighted by molar-refractivity contribution is -0.138. The second-order valence-corrected chi connectivity index (χ2v) is 12.2. The molecular weight excluding hydrogens is 583 g/mol. The Balaban J connectivity index is 1.72. The molecule has 2 amide bonds. The second-order valence-electron chi connectivity index (χ2n) is 11.8. The number of hydrogen-bond donors (Lipinski definition) is 2. The summed E-state index contributed by atoms with van der Waals surface area (Å²) in [6.07, 6.45) is -0.700. The van der Waals surface area contributed by atoms with Gasteiger partial charge in [0.15, 0.2) is 0 Å². The number of carboxylic acids is 1. The second kappa shape index (κ2) is 13.1. The predicted molar refractivity (Wildman–Crippen MR) is 158 cm³/mol. The normalized spacial score (nSPS) is 21.3. The molecule has 1 aliphatic heterocycles. The Kier molecular flexibility index (Phi) is 9.89. The van der Waals surface area contributed by atoms with Crippen molar-refractivity contribution in [3.63, 3.8) is 0 Å². The molecule has 1 spiro atoms. The van der Waals surface area contributed by atoms with Crippen molar-refractivity contribution in [3.8, 4) is 0 Å². The SMILES string of the molecule is CCCC(c1ccc(C(=O)NCCC(=O)O)cc1)N1C(=O)C(c2cc(Cl)cc(C(F)(F)F)c2)=NC12CCC(C(C)C)CC2. The van der Waals surface area contributed by atoms with Gasteiger partial charge in [0.1, 0.15) is 11.4 Å². The van der Waals surface area contributed by atoms with E-state index in [0.29, 0.717) is 36.7 Å². The lowest BCUT2D eigenvalue weighted by Gasteiger charge is -2.46. The minimum Gasteiger partial charge on any atom is -0.481 e. The summed E-state index contributed by atoms with van der Waals surface area (Å²) in [7, 11) is 0. The molecule has 232 valence electrons. The molecule has 2 aliphatic rings. The third-order valence-electron chi connectivity index (χ3n) is 8.52. The number of rotatable bonds is 10. The number of carboxylic acid groups (broad SMARTS) is 1. The molecule has 0 radical (unpaired) electrons. The number of halogens is 4. The van der Waals surface area contributed by atoms with Gasteiger partial charge in [0.05, 0.1) is 18.0 Å². The monoisotopic (exact) mass is 619 g/mol. The number of amides is 2. The summed E-state index contributed by atoms with van der Waals surface area (Å²) in [6.45, 7) is 6.32. The molecule has 1 heterocycles. The van der Waals surface area contributed by atoms with Crippen molar-refractivity contribution >= 4 is 35.1 Å². The van der Waals surface area contributed by atoms with E-state index in [0.717, 1.165) is 37.0 Å². The summed E-state index contributed by atoms with van der Waals surface area (Å²) >= 11 is 6.10. The molecule has 0 aromatic heterocycles. The van der Waals surface area contributed by atoms with Gasteiger partial charge in [-0.1, -0.05) is 50.9 Å². The van der Waals surface area contributed by atoms with Crippen LogP contribution in [-0.2, 0) is 15.8 Å². The van der Waals surface area contributed by atoms with Gasteiger partial charge in [-0.05, 0) is 79.8 Å². The standard InChI is InChI=1S/C32H37ClF3N3O4/c1-4-5-26(21-6-8-22(9-7-21)29(42)37-15-12-27(40)41)39-30(43)28(23-16-24(32(34,35)36)18-25(33)17-23)38-31(39)13-10-20(11-14-31)19(2)3/h6-9,16-20,26H,4-5,10-15H2,1-3H3,(H,37,42)(H,40,41). The zero-order valence-corrected chi connectivity index (χ0v) is 25.3. The van der Waals surface area contributed by atoms with Crippen molar-refractivity contribution in [2.45, 2.75) is 83.6 Å². The van der Waals surface area contributed by atoms with Gasteiger partial charge in [0.25, 0.3) is 11.8 Å². The van der Waals surface area contributed by atoms with Gasteiger partial charge in [-0.3, -0.25) is 19.4 Å². The number of aliphatic carboxylic acids is 1. The molecule has 1 atom stereocenters. The molecule has 1 saturated carbocycles. The number of benzene rings is 2. The smallest absolute Gasteiger partial charge is 0.416 e. The maximum absolute atomic E-state index is 14.3. The van der Waals surface area contributed by atoms with Crippen LogP contribution in [0.3, 0.4) is 0 Å². The molecule has 2 aromatic rings. The van der Waals surface area contributed by atoms with Crippen LogP contribution >= 0.6 is 11.6 Å². The van der Waals surface area contributed by atoms with Gasteiger partial charge in [-0.2, -0.15) is 13.2 Å². The molecule has 43 heavy (non-hydrogen) atoms. The van der Waals surface area contributed by atoms with E-state index >= 15 is 0 Å². The number of hydrogen-bond acceptors (Lipinski definition) is 4. The highest BCUT2D eigenvalue weighted by atomic mass is 35.5. The average Bonchev–Trinajstić information content (AvgIpc) is 3.22. The average molecular weight is 620 g/mol. The van der Waals surface area contributed by atoms with E-state index in [2.05, 4.69) is 19.2 Å². The lowest BCUT2D eigenvalue weighted by atomic mass is 9.76. The molecule has 1 fully saturated rings. The van der Waals surface area contributed by atoms with E-state index in [9.17, 15) is 27.6 Å². The fourth-order valence-corrected chi connectivity index (χ4v) is 6.44. The first kappa shape index (κ1) is 32.5. The fourth-order valence-electron chi connectivity index (χ4n) is 6.20. The highest BCUT2D eigenvalue weighted by Crippen LogP contribution is 2.48. The molecule has 0 bridgehead atoms. The van der Waals surface area contributed by atoms with Gasteiger partial charge in [0, 0.05) is 22.7 Å². The minimum atomic E-state index is -4.64. The third-order valence-corrected chi connectivity index (χ3v) is 8.74. The van der Waals surface area contributed by atoms with Crippen LogP contribution in [0.1, 0.15) is 98.8 Å². The van der Waals surface area contributed by atoms with Crippen molar-refractivity contribution in [3.05, 3.63) is 69.7 Å². The highest BCUT2D eigenvalue weighted by Gasteiger charge is 2.52. The Morgan fingerprint density at radius 3 is 2.35 bits per heavy atom. The van der Waals surface area contributed by atoms with Crippen molar-refractivity contribution in [1.82, 2.24) is 10.2 Å². The number of carbonyl (C=O) groups excluding carboxylic acids is 2. The first-order chi connectivity index (χ1) is 20.3. The van der Waals surface area contributed by atoms with Gasteiger partial charge >= 0.3 is 12.1 Å². The number of nitrogens with one attached hydrogen (secondary N) is 1. The van der Waals surface area contributed by atoms with Gasteiger partial charge < -0.3 is 15.3 Å². The number of alkyl halides is 3. The molecule has 0 saturated heterocycles. The van der Waals surface area contributed by atoms with E-state index in [1.165, 1.54) is 6.07 Å². The summed E-state index contributed by atoms with van der Waals surface area (Å²) in [5.74, 6) is -0.957. The summed E-state index contributed by atoms with van der Waals surface area (Å²) in [6, 6.07) is 9.50. The first-order valence-electron chi connectivity index (χ1n) is 14.7. The molecule has 7 nitrogen and oxygen atoms in total. The van der Waals surface area contributed by atoms with Crippen LogP contribution in [0.25, 0.3) is 0 Å². The van der Waals surface area contributed by atoms with E-state index in [1.807, 2.05) is 6.92 Å². The van der Waals surface area contributed by atoms with Crippen molar-refractivity contribution < 1.29 is 32.7 Å². The Morgan fingerprint density at radius 1 is 1.14 bits per heavy atom. The topological polar surface area (TPSA) is 99.1 Å². The Bertz CT molecular complexity index is 1380. The van der Waals surface area contributed by atoms with E-state index < -0.39 is 41.2 Å². The van der Waals surface area contributed by atoms with E-state index in [1.54, 1.807) is 29.2 Å². The third kappa shape index (κ3) is 7.22. The highest BCUT2D eigenvalue weighted by molar-refractivity contribution is 6.47. The maximum atomic E-state index is 14.3. The predicted octanol–water partition coefficient (Wildman–Crippen LogP) is 7.28. The molecule has 1 aliphatic carbocycles. The zero-order valence-electron chi connectivity index (χ0n) is 24.5. The number of nitrogens with zero attached hydrogens (tertiary/aromatic N) is 2. The number of carbonyl (C=O) groups is 3. The minimum absolute atomic E-state index is 0.00375. The largest absolute Gasteiger partial charge is 0.481 e. The van der Waals surface area contributed by atoms with Gasteiger partial charge in [-0.15, -0.1) is 0 Å². The summed E-state index contributed by atoms with van der Waals surface area (Å²) < 4.78 is 41.0. The first-order valence-corrected chi connectivity index (χ1v) is 15.0. The Hall–Kier alpha value is -3.40. The van der Waals surface area contributed by atoms with Crippen molar-refractivity contribution in [1.29, 1.82) is 0 Å². The summed E-state index contributed by atoms with van der Waals surface area (Å²) in [5.41, 5.74) is -0.705.